The van der Waals surface area contributed by atoms with Gasteiger partial charge in [0.1, 0.15) is 0 Å². The van der Waals surface area contributed by atoms with E-state index in [2.05, 4.69) is 9.80 Å². The van der Waals surface area contributed by atoms with Gasteiger partial charge in [-0.2, -0.15) is 13.2 Å². The van der Waals surface area contributed by atoms with Gasteiger partial charge in [0.2, 0.25) is 0 Å². The number of piperazine rings is 1. The Morgan fingerprint density at radius 1 is 0.897 bits per heavy atom. The normalized spacial score (nSPS) is 17.7. The van der Waals surface area contributed by atoms with E-state index in [4.69, 9.17) is 5.11 Å². The number of aliphatic hydroxyl groups is 1. The Morgan fingerprint density at radius 3 is 2.26 bits per heavy atom. The first kappa shape index (κ1) is 26.8. The highest BCUT2D eigenvalue weighted by molar-refractivity contribution is 6.13. The number of rotatable bonds is 8. The molecule has 2 heterocycles. The van der Waals surface area contributed by atoms with E-state index in [1.807, 2.05) is 24.3 Å². The third kappa shape index (κ3) is 5.38. The van der Waals surface area contributed by atoms with Crippen LogP contribution in [0.1, 0.15) is 53.4 Å². The molecule has 5 rings (SSSR count). The molecule has 2 N–H and O–H groups in total. The predicted octanol–water partition coefficient (Wildman–Crippen LogP) is 5.28. The molecule has 1 saturated heterocycles. The molecule has 1 amide bonds. The number of carbonyl (C=O) groups is 2. The number of halogens is 3. The van der Waals surface area contributed by atoms with E-state index >= 15 is 0 Å². The molecule has 10 heteroatoms. The van der Waals surface area contributed by atoms with E-state index in [0.717, 1.165) is 34.3 Å². The van der Waals surface area contributed by atoms with Gasteiger partial charge in [-0.25, -0.2) is 0 Å². The zero-order valence-corrected chi connectivity index (χ0v) is 21.3. The highest BCUT2D eigenvalue weighted by Gasteiger charge is 2.34. The Labute approximate surface area is 224 Å². The minimum Gasteiger partial charge on any atom is -0.481 e. The SMILES string of the molecule is O=C(O)CCCCCN1C(=O)c2cccc3c(N4CCN(c5ccc(C(F)(F)F)cc5)CC4)ccc(c23)C1O. The Bertz CT molecular complexity index is 1370. The van der Waals surface area contributed by atoms with Crippen LogP contribution in [0.25, 0.3) is 10.8 Å². The maximum absolute atomic E-state index is 13.3. The van der Waals surface area contributed by atoms with Gasteiger partial charge in [0.05, 0.1) is 5.56 Å². The first-order valence-corrected chi connectivity index (χ1v) is 13.1. The van der Waals surface area contributed by atoms with Crippen LogP contribution in [0.3, 0.4) is 0 Å². The molecule has 1 atom stereocenters. The van der Waals surface area contributed by atoms with Crippen molar-refractivity contribution in [3.8, 4) is 0 Å². The molecule has 3 aromatic rings. The number of aliphatic carboxylic acids is 1. The molecule has 0 radical (unpaired) electrons. The van der Waals surface area contributed by atoms with Gasteiger partial charge in [-0.3, -0.25) is 9.59 Å². The molecule has 7 nitrogen and oxygen atoms in total. The molecule has 2 aliphatic rings. The summed E-state index contributed by atoms with van der Waals surface area (Å²) in [6.07, 6.45) is -3.59. The summed E-state index contributed by atoms with van der Waals surface area (Å²) in [7, 11) is 0. The number of anilines is 2. The second-order valence-electron chi connectivity index (χ2n) is 10.00. The highest BCUT2D eigenvalue weighted by atomic mass is 19.4. The Kier molecular flexibility index (Phi) is 7.40. The van der Waals surface area contributed by atoms with E-state index in [1.54, 1.807) is 6.07 Å². The van der Waals surface area contributed by atoms with E-state index in [-0.39, 0.29) is 12.3 Å². The summed E-state index contributed by atoms with van der Waals surface area (Å²) < 4.78 is 38.7. The van der Waals surface area contributed by atoms with E-state index < -0.39 is 23.9 Å². The first-order chi connectivity index (χ1) is 18.6. The summed E-state index contributed by atoms with van der Waals surface area (Å²) in [5.74, 6) is -1.09. The third-order valence-corrected chi connectivity index (χ3v) is 7.58. The zero-order valence-electron chi connectivity index (χ0n) is 21.3. The molecule has 0 aromatic heterocycles. The fraction of sp³-hybridized carbons (Fsp3) is 0.379. The van der Waals surface area contributed by atoms with Crippen molar-refractivity contribution < 1.29 is 33.0 Å². The number of alkyl halides is 3. The second-order valence-corrected chi connectivity index (χ2v) is 10.00. The quantitative estimate of drug-likeness (QED) is 0.378. The smallest absolute Gasteiger partial charge is 0.416 e. The maximum atomic E-state index is 13.3. The number of nitrogens with zero attached hydrogens (tertiary/aromatic N) is 3. The van der Waals surface area contributed by atoms with Crippen LogP contribution in [0.4, 0.5) is 24.5 Å². The molecule has 1 unspecified atom stereocenters. The van der Waals surface area contributed by atoms with Crippen LogP contribution in [0.5, 0.6) is 0 Å². The van der Waals surface area contributed by atoms with Crippen LogP contribution >= 0.6 is 0 Å². The number of benzene rings is 3. The monoisotopic (exact) mass is 541 g/mol. The number of carboxylic acids is 1. The van der Waals surface area contributed by atoms with Gasteiger partial charge in [-0.1, -0.05) is 24.6 Å². The fourth-order valence-electron chi connectivity index (χ4n) is 5.55. The summed E-state index contributed by atoms with van der Waals surface area (Å²) >= 11 is 0. The lowest BCUT2D eigenvalue weighted by molar-refractivity contribution is -0.138. The van der Waals surface area contributed by atoms with Crippen LogP contribution in [-0.2, 0) is 11.0 Å². The van der Waals surface area contributed by atoms with E-state index in [9.17, 15) is 27.9 Å². The summed E-state index contributed by atoms with van der Waals surface area (Å²) in [5, 5.41) is 21.5. The maximum Gasteiger partial charge on any atom is 0.416 e. The zero-order chi connectivity index (χ0) is 27.7. The lowest BCUT2D eigenvalue weighted by Gasteiger charge is -2.39. The van der Waals surface area contributed by atoms with Crippen molar-refractivity contribution in [3.63, 3.8) is 0 Å². The minimum absolute atomic E-state index is 0.0833. The predicted molar refractivity (Wildman–Crippen MR) is 142 cm³/mol. The molecule has 0 saturated carbocycles. The second kappa shape index (κ2) is 10.8. The van der Waals surface area contributed by atoms with Crippen molar-refractivity contribution in [1.29, 1.82) is 0 Å². The minimum atomic E-state index is -4.36. The molecular formula is C29H30F3N3O4. The van der Waals surface area contributed by atoms with Crippen molar-refractivity contribution in [2.45, 2.75) is 38.1 Å². The Balaban J connectivity index is 1.31. The van der Waals surface area contributed by atoms with Crippen molar-refractivity contribution in [2.24, 2.45) is 0 Å². The number of aliphatic hydroxyl groups excluding tert-OH is 1. The molecule has 0 aliphatic carbocycles. The van der Waals surface area contributed by atoms with Crippen LogP contribution in [0.2, 0.25) is 0 Å². The molecule has 206 valence electrons. The number of hydrogen-bond acceptors (Lipinski definition) is 5. The number of unbranched alkanes of at least 4 members (excludes halogenated alkanes) is 2. The van der Waals surface area contributed by atoms with Crippen molar-refractivity contribution >= 4 is 34.0 Å². The van der Waals surface area contributed by atoms with Gasteiger partial charge in [0, 0.05) is 72.4 Å². The number of carbonyl (C=O) groups excluding carboxylic acids is 1. The van der Waals surface area contributed by atoms with E-state index in [1.165, 1.54) is 17.0 Å². The van der Waals surface area contributed by atoms with Crippen LogP contribution in [0.15, 0.2) is 54.6 Å². The molecular weight excluding hydrogens is 511 g/mol. The van der Waals surface area contributed by atoms with E-state index in [0.29, 0.717) is 63.1 Å². The summed E-state index contributed by atoms with van der Waals surface area (Å²) in [4.78, 5) is 29.8. The largest absolute Gasteiger partial charge is 0.481 e. The average molecular weight is 542 g/mol. The average Bonchev–Trinajstić information content (AvgIpc) is 2.92. The number of hydrogen-bond donors (Lipinski definition) is 2. The lowest BCUT2D eigenvalue weighted by atomic mass is 9.91. The fourth-order valence-corrected chi connectivity index (χ4v) is 5.55. The van der Waals surface area contributed by atoms with Crippen molar-refractivity contribution in [1.82, 2.24) is 4.90 Å². The van der Waals surface area contributed by atoms with Crippen LogP contribution in [-0.4, -0.2) is 59.7 Å². The van der Waals surface area contributed by atoms with Gasteiger partial charge in [-0.15, -0.1) is 0 Å². The van der Waals surface area contributed by atoms with Gasteiger partial charge >= 0.3 is 12.1 Å². The molecule has 1 fully saturated rings. The Hall–Kier alpha value is -3.79. The molecule has 0 bridgehead atoms. The standard InChI is InChI=1S/C29H30F3N3O4/c30-29(31,32)19-8-10-20(11-9-19)33-15-17-34(18-16-33)24-13-12-23-26-21(24)5-4-6-22(26)27(38)35(28(23)39)14-3-1-2-7-25(36)37/h4-6,8-13,28,39H,1-3,7,14-18H2,(H,36,37). The first-order valence-electron chi connectivity index (χ1n) is 13.1. The molecule has 2 aliphatic heterocycles. The third-order valence-electron chi connectivity index (χ3n) is 7.58. The van der Waals surface area contributed by atoms with Gasteiger partial charge in [0.15, 0.2) is 6.23 Å². The van der Waals surface area contributed by atoms with Crippen LogP contribution in [0, 0.1) is 0 Å². The summed E-state index contributed by atoms with van der Waals surface area (Å²) in [5.41, 5.74) is 2.23. The van der Waals surface area contributed by atoms with Crippen molar-refractivity contribution in [2.75, 3.05) is 42.5 Å². The van der Waals surface area contributed by atoms with Gasteiger partial charge in [-0.05, 0) is 49.2 Å². The molecule has 39 heavy (non-hydrogen) atoms. The lowest BCUT2D eigenvalue weighted by Crippen LogP contribution is -2.46. The number of amides is 1. The highest BCUT2D eigenvalue weighted by Crippen LogP contribution is 2.40. The molecule has 3 aromatic carbocycles. The van der Waals surface area contributed by atoms with Crippen LogP contribution < -0.4 is 9.80 Å². The van der Waals surface area contributed by atoms with Crippen molar-refractivity contribution in [3.05, 3.63) is 71.3 Å². The molecule has 0 spiro atoms. The van der Waals surface area contributed by atoms with Gasteiger partial charge in [0.25, 0.3) is 5.91 Å². The Morgan fingerprint density at radius 2 is 1.59 bits per heavy atom. The summed E-state index contributed by atoms with van der Waals surface area (Å²) in [6.45, 7) is 2.90. The number of carboxylic acid groups (broad SMARTS) is 1. The topological polar surface area (TPSA) is 84.3 Å². The summed E-state index contributed by atoms with van der Waals surface area (Å²) in [6, 6.07) is 14.6. The van der Waals surface area contributed by atoms with Gasteiger partial charge < -0.3 is 24.9 Å².